The van der Waals surface area contributed by atoms with Crippen LogP contribution in [-0.4, -0.2) is 34.7 Å². The molecule has 5 heteroatoms. The first-order valence-electron chi connectivity index (χ1n) is 11.8. The van der Waals surface area contributed by atoms with Gasteiger partial charge in [0, 0.05) is 17.6 Å². The first-order chi connectivity index (χ1) is 16.2. The number of benzene rings is 3. The normalized spacial score (nSPS) is 17.3. The van der Waals surface area contributed by atoms with E-state index in [0.29, 0.717) is 5.39 Å². The highest BCUT2D eigenvalue weighted by Gasteiger charge is 2.34. The molecule has 1 aliphatic heterocycles. The van der Waals surface area contributed by atoms with E-state index < -0.39 is 0 Å². The standard InChI is InChI=1S/C28H30N4O/c1-3-32(4-2)18-17-19-13-15-21(16-14-19)26-24(20-9-6-5-7-10-20)27-25-22(28(33)31-30-27)11-8-12-23(25)29-26/h5-16,24,26,29H,3-4,17-18H2,1-2H3,(H,31,33). The molecule has 0 saturated carbocycles. The van der Waals surface area contributed by atoms with E-state index in [1.165, 1.54) is 16.7 Å². The topological polar surface area (TPSA) is 61.0 Å². The number of nitrogens with zero attached hydrogens (tertiary/aromatic N) is 2. The monoisotopic (exact) mass is 438 g/mol. The van der Waals surface area contributed by atoms with Crippen molar-refractivity contribution in [1.29, 1.82) is 0 Å². The van der Waals surface area contributed by atoms with Crippen LogP contribution < -0.4 is 10.9 Å². The molecule has 0 saturated heterocycles. The van der Waals surface area contributed by atoms with Gasteiger partial charge in [0.2, 0.25) is 0 Å². The van der Waals surface area contributed by atoms with Crippen molar-refractivity contribution in [3.05, 3.63) is 106 Å². The molecule has 2 unspecified atom stereocenters. The van der Waals surface area contributed by atoms with Crippen LogP contribution in [-0.2, 0) is 6.42 Å². The Kier molecular flexibility index (Phi) is 5.97. The van der Waals surface area contributed by atoms with Crippen molar-refractivity contribution >= 4 is 16.5 Å². The van der Waals surface area contributed by atoms with Crippen LogP contribution in [0.3, 0.4) is 0 Å². The lowest BCUT2D eigenvalue weighted by atomic mass is 9.80. The summed E-state index contributed by atoms with van der Waals surface area (Å²) in [6.07, 6.45) is 1.05. The van der Waals surface area contributed by atoms with Gasteiger partial charge in [-0.2, -0.15) is 5.10 Å². The summed E-state index contributed by atoms with van der Waals surface area (Å²) < 4.78 is 0. The van der Waals surface area contributed by atoms with Crippen LogP contribution in [0.1, 0.15) is 48.2 Å². The highest BCUT2D eigenvalue weighted by Crippen LogP contribution is 2.46. The lowest BCUT2D eigenvalue weighted by Crippen LogP contribution is -2.28. The van der Waals surface area contributed by atoms with Crippen molar-refractivity contribution in [2.75, 3.05) is 25.0 Å². The van der Waals surface area contributed by atoms with Crippen LogP contribution >= 0.6 is 0 Å². The largest absolute Gasteiger partial charge is 0.377 e. The number of likely N-dealkylation sites (N-methyl/N-ethyl adjacent to an activating group) is 1. The third-order valence-electron chi connectivity index (χ3n) is 6.89. The molecule has 4 aromatic rings. The van der Waals surface area contributed by atoms with Crippen LogP contribution in [0, 0.1) is 0 Å². The molecule has 1 aliphatic rings. The highest BCUT2D eigenvalue weighted by molar-refractivity contribution is 5.97. The molecule has 2 atom stereocenters. The maximum atomic E-state index is 12.5. The molecule has 0 bridgehead atoms. The van der Waals surface area contributed by atoms with E-state index in [0.717, 1.165) is 42.8 Å². The van der Waals surface area contributed by atoms with Crippen molar-refractivity contribution in [3.8, 4) is 0 Å². The first kappa shape index (κ1) is 21.4. The Morgan fingerprint density at radius 3 is 2.36 bits per heavy atom. The Labute approximate surface area is 194 Å². The predicted molar refractivity (Wildman–Crippen MR) is 135 cm³/mol. The smallest absolute Gasteiger partial charge is 0.272 e. The van der Waals surface area contributed by atoms with Crippen molar-refractivity contribution < 1.29 is 0 Å². The summed E-state index contributed by atoms with van der Waals surface area (Å²) in [4.78, 5) is 14.9. The number of aromatic amines is 1. The lowest BCUT2D eigenvalue weighted by molar-refractivity contribution is 0.308. The summed E-state index contributed by atoms with van der Waals surface area (Å²) >= 11 is 0. The Hall–Kier alpha value is -3.44. The molecule has 2 heterocycles. The van der Waals surface area contributed by atoms with Crippen LogP contribution in [0.4, 0.5) is 5.69 Å². The molecule has 5 nitrogen and oxygen atoms in total. The average molecular weight is 439 g/mol. The molecular weight excluding hydrogens is 408 g/mol. The Bertz CT molecular complexity index is 1290. The second kappa shape index (κ2) is 9.20. The Morgan fingerprint density at radius 1 is 0.879 bits per heavy atom. The first-order valence-corrected chi connectivity index (χ1v) is 11.8. The van der Waals surface area contributed by atoms with Crippen molar-refractivity contribution in [1.82, 2.24) is 15.1 Å². The van der Waals surface area contributed by atoms with Crippen LogP contribution in [0.15, 0.2) is 77.6 Å². The molecule has 33 heavy (non-hydrogen) atoms. The zero-order chi connectivity index (χ0) is 22.8. The van der Waals surface area contributed by atoms with Gasteiger partial charge < -0.3 is 10.2 Å². The third-order valence-corrected chi connectivity index (χ3v) is 6.89. The van der Waals surface area contributed by atoms with Gasteiger partial charge in [0.25, 0.3) is 5.56 Å². The zero-order valence-electron chi connectivity index (χ0n) is 19.2. The van der Waals surface area contributed by atoms with E-state index in [1.807, 2.05) is 24.3 Å². The number of hydrogen-bond donors (Lipinski definition) is 2. The summed E-state index contributed by atoms with van der Waals surface area (Å²) in [6.45, 7) is 7.67. The van der Waals surface area contributed by atoms with Crippen LogP contribution in [0.25, 0.3) is 10.8 Å². The van der Waals surface area contributed by atoms with Gasteiger partial charge in [-0.25, -0.2) is 5.10 Å². The molecule has 3 aromatic carbocycles. The van der Waals surface area contributed by atoms with E-state index in [9.17, 15) is 4.79 Å². The van der Waals surface area contributed by atoms with Gasteiger partial charge >= 0.3 is 0 Å². The van der Waals surface area contributed by atoms with Gasteiger partial charge in [-0.15, -0.1) is 0 Å². The fourth-order valence-corrected chi connectivity index (χ4v) is 5.00. The summed E-state index contributed by atoms with van der Waals surface area (Å²) in [7, 11) is 0. The van der Waals surface area contributed by atoms with E-state index in [-0.39, 0.29) is 17.5 Å². The summed E-state index contributed by atoms with van der Waals surface area (Å²) in [6, 6.07) is 25.3. The summed E-state index contributed by atoms with van der Waals surface area (Å²) in [5.74, 6) is -0.0121. The van der Waals surface area contributed by atoms with Crippen molar-refractivity contribution in [2.45, 2.75) is 32.2 Å². The second-order valence-corrected chi connectivity index (χ2v) is 8.69. The van der Waals surface area contributed by atoms with E-state index in [4.69, 9.17) is 0 Å². The fourth-order valence-electron chi connectivity index (χ4n) is 5.00. The number of aromatic nitrogens is 2. The number of anilines is 1. The molecule has 0 spiro atoms. The maximum absolute atomic E-state index is 12.5. The maximum Gasteiger partial charge on any atom is 0.272 e. The number of nitrogens with one attached hydrogen (secondary N) is 2. The molecule has 0 amide bonds. The molecule has 1 aromatic heterocycles. The molecule has 5 rings (SSSR count). The Balaban J connectivity index is 1.54. The van der Waals surface area contributed by atoms with Gasteiger partial charge in [-0.3, -0.25) is 4.79 Å². The highest BCUT2D eigenvalue weighted by atomic mass is 16.1. The predicted octanol–water partition coefficient (Wildman–Crippen LogP) is 5.11. The average Bonchev–Trinajstić information content (AvgIpc) is 2.87. The molecule has 2 N–H and O–H groups in total. The molecule has 0 aliphatic carbocycles. The quantitative estimate of drug-likeness (QED) is 0.421. The van der Waals surface area contributed by atoms with Crippen LogP contribution in [0.5, 0.6) is 0 Å². The minimum atomic E-state index is -0.153. The molecule has 0 fully saturated rings. The number of rotatable bonds is 7. The van der Waals surface area contributed by atoms with Crippen molar-refractivity contribution in [2.24, 2.45) is 0 Å². The number of H-pyrrole nitrogens is 1. The minimum Gasteiger partial charge on any atom is -0.377 e. The number of hydrogen-bond acceptors (Lipinski definition) is 4. The summed E-state index contributed by atoms with van der Waals surface area (Å²) in [5.41, 5.74) is 5.47. The van der Waals surface area contributed by atoms with Crippen LogP contribution in [0.2, 0.25) is 0 Å². The summed E-state index contributed by atoms with van der Waals surface area (Å²) in [5, 5.41) is 12.6. The van der Waals surface area contributed by atoms with E-state index >= 15 is 0 Å². The third kappa shape index (κ3) is 4.05. The van der Waals surface area contributed by atoms with Gasteiger partial charge in [-0.05, 0) is 48.3 Å². The second-order valence-electron chi connectivity index (χ2n) is 8.69. The minimum absolute atomic E-state index is 0.0121. The molecule has 0 radical (unpaired) electrons. The van der Waals surface area contributed by atoms with E-state index in [1.54, 1.807) is 0 Å². The van der Waals surface area contributed by atoms with Crippen molar-refractivity contribution in [3.63, 3.8) is 0 Å². The van der Waals surface area contributed by atoms with E-state index in [2.05, 4.69) is 82.8 Å². The zero-order valence-corrected chi connectivity index (χ0v) is 19.2. The molecular formula is C28H30N4O. The van der Waals surface area contributed by atoms with Gasteiger partial charge in [0.1, 0.15) is 0 Å². The Morgan fingerprint density at radius 2 is 1.64 bits per heavy atom. The lowest BCUT2D eigenvalue weighted by Gasteiger charge is -2.34. The van der Waals surface area contributed by atoms with Gasteiger partial charge in [0.05, 0.1) is 23.0 Å². The SMILES string of the molecule is CCN(CC)CCc1ccc(C2Nc3cccc4c(=O)[nH]nc(c34)C2c2ccccc2)cc1. The van der Waals surface area contributed by atoms with Gasteiger partial charge in [-0.1, -0.05) is 74.5 Å². The van der Waals surface area contributed by atoms with Gasteiger partial charge in [0.15, 0.2) is 0 Å². The molecule has 168 valence electrons. The fraction of sp³-hybridized carbons (Fsp3) is 0.286.